The fourth-order valence-corrected chi connectivity index (χ4v) is 4.40. The van der Waals surface area contributed by atoms with Gasteiger partial charge in [0, 0.05) is 49.7 Å². The predicted octanol–water partition coefficient (Wildman–Crippen LogP) is 3.04. The van der Waals surface area contributed by atoms with E-state index in [0.29, 0.717) is 18.3 Å². The van der Waals surface area contributed by atoms with Gasteiger partial charge >= 0.3 is 0 Å². The van der Waals surface area contributed by atoms with E-state index in [1.165, 1.54) is 0 Å². The second-order valence-electron chi connectivity index (χ2n) is 8.68. The van der Waals surface area contributed by atoms with Crippen LogP contribution in [-0.2, 0) is 18.4 Å². The molecule has 4 aromatic heterocycles. The van der Waals surface area contributed by atoms with Crippen LogP contribution < -0.4 is 5.32 Å². The molecular formula is C23H28N8O. The number of ether oxygens (including phenoxy) is 1. The quantitative estimate of drug-likeness (QED) is 0.501. The number of nitrogens with zero attached hydrogens (tertiary/aromatic N) is 7. The number of pyridine rings is 1. The topological polar surface area (TPSA) is 85.4 Å². The number of rotatable bonds is 6. The van der Waals surface area contributed by atoms with Gasteiger partial charge in [-0.2, -0.15) is 10.2 Å². The zero-order chi connectivity index (χ0) is 22.2. The first-order valence-corrected chi connectivity index (χ1v) is 10.8. The van der Waals surface area contributed by atoms with Gasteiger partial charge in [0.25, 0.3) is 0 Å². The molecule has 0 bridgehead atoms. The Balaban J connectivity index is 1.38. The zero-order valence-electron chi connectivity index (χ0n) is 18.9. The van der Waals surface area contributed by atoms with E-state index in [-0.39, 0.29) is 6.10 Å². The van der Waals surface area contributed by atoms with Gasteiger partial charge in [0.05, 0.1) is 42.0 Å². The summed E-state index contributed by atoms with van der Waals surface area (Å²) in [6.07, 6.45) is 7.53. The van der Waals surface area contributed by atoms with Crippen LogP contribution in [0, 0.1) is 12.8 Å². The molecule has 9 heteroatoms. The van der Waals surface area contributed by atoms with Gasteiger partial charge < -0.3 is 15.0 Å². The van der Waals surface area contributed by atoms with E-state index < -0.39 is 0 Å². The highest BCUT2D eigenvalue weighted by Gasteiger charge is 2.28. The monoisotopic (exact) mass is 432 g/mol. The van der Waals surface area contributed by atoms with E-state index in [0.717, 1.165) is 46.9 Å². The summed E-state index contributed by atoms with van der Waals surface area (Å²) < 4.78 is 10.0. The van der Waals surface area contributed by atoms with Crippen LogP contribution >= 0.6 is 0 Å². The highest BCUT2D eigenvalue weighted by atomic mass is 16.5. The molecule has 0 aromatic carbocycles. The summed E-state index contributed by atoms with van der Waals surface area (Å²) in [7, 11) is 4.11. The summed E-state index contributed by atoms with van der Waals surface area (Å²) in [5.41, 5.74) is 5.06. The number of likely N-dealkylation sites (tertiary alicyclic amines) is 1. The Morgan fingerprint density at radius 1 is 1.12 bits per heavy atom. The third kappa shape index (κ3) is 4.09. The Kier molecular flexibility index (Phi) is 5.36. The van der Waals surface area contributed by atoms with Crippen LogP contribution in [0.3, 0.4) is 0 Å². The first kappa shape index (κ1) is 20.6. The SMILES string of the molecule is Cc1cncc(Nc2cc3cc(-c4c(COC5CN(C)CC5C)cnn4C)ccn3n2)n1. The molecule has 2 unspecified atom stereocenters. The molecule has 1 saturated heterocycles. The van der Waals surface area contributed by atoms with Crippen molar-refractivity contribution in [2.45, 2.75) is 26.6 Å². The summed E-state index contributed by atoms with van der Waals surface area (Å²) in [4.78, 5) is 10.9. The Morgan fingerprint density at radius 3 is 2.78 bits per heavy atom. The number of aromatic nitrogens is 6. The van der Waals surface area contributed by atoms with Crippen molar-refractivity contribution in [3.63, 3.8) is 0 Å². The van der Waals surface area contributed by atoms with Crippen molar-refractivity contribution in [2.75, 3.05) is 25.5 Å². The highest BCUT2D eigenvalue weighted by molar-refractivity contribution is 5.71. The number of hydrogen-bond acceptors (Lipinski definition) is 7. The average Bonchev–Trinajstić information content (AvgIpc) is 3.41. The van der Waals surface area contributed by atoms with Gasteiger partial charge in [-0.1, -0.05) is 6.92 Å². The van der Waals surface area contributed by atoms with Gasteiger partial charge in [-0.3, -0.25) is 9.67 Å². The normalized spacial score (nSPS) is 19.1. The third-order valence-corrected chi connectivity index (χ3v) is 5.94. The van der Waals surface area contributed by atoms with Crippen molar-refractivity contribution in [1.29, 1.82) is 0 Å². The van der Waals surface area contributed by atoms with Crippen LogP contribution in [0.5, 0.6) is 0 Å². The second kappa shape index (κ2) is 8.33. The molecule has 2 atom stereocenters. The zero-order valence-corrected chi connectivity index (χ0v) is 18.9. The lowest BCUT2D eigenvalue weighted by Crippen LogP contribution is -2.21. The second-order valence-corrected chi connectivity index (χ2v) is 8.68. The lowest BCUT2D eigenvalue weighted by atomic mass is 10.1. The van der Waals surface area contributed by atoms with Crippen molar-refractivity contribution in [1.82, 2.24) is 34.3 Å². The van der Waals surface area contributed by atoms with Crippen molar-refractivity contribution in [2.24, 2.45) is 13.0 Å². The number of nitrogens with one attached hydrogen (secondary N) is 1. The molecule has 5 rings (SSSR count). The molecule has 0 aliphatic carbocycles. The summed E-state index contributed by atoms with van der Waals surface area (Å²) >= 11 is 0. The number of aryl methyl sites for hydroxylation is 2. The molecule has 1 aliphatic rings. The van der Waals surface area contributed by atoms with Crippen molar-refractivity contribution in [3.8, 4) is 11.3 Å². The van der Waals surface area contributed by atoms with Crippen LogP contribution in [0.1, 0.15) is 18.2 Å². The summed E-state index contributed by atoms with van der Waals surface area (Å²) in [5, 5.41) is 12.3. The van der Waals surface area contributed by atoms with Gasteiger partial charge in [0.2, 0.25) is 0 Å². The largest absolute Gasteiger partial charge is 0.372 e. The molecule has 9 nitrogen and oxygen atoms in total. The van der Waals surface area contributed by atoms with Gasteiger partial charge in [0.15, 0.2) is 5.82 Å². The van der Waals surface area contributed by atoms with Crippen molar-refractivity contribution < 1.29 is 4.74 Å². The van der Waals surface area contributed by atoms with Crippen LogP contribution in [0.25, 0.3) is 16.8 Å². The smallest absolute Gasteiger partial charge is 0.154 e. The highest BCUT2D eigenvalue weighted by Crippen LogP contribution is 2.28. The molecule has 0 amide bonds. The summed E-state index contributed by atoms with van der Waals surface area (Å²) in [6.45, 7) is 6.76. The number of fused-ring (bicyclic) bond motifs is 1. The van der Waals surface area contributed by atoms with Crippen LogP contribution in [-0.4, -0.2) is 60.5 Å². The molecule has 166 valence electrons. The van der Waals surface area contributed by atoms with Gasteiger partial charge in [0.1, 0.15) is 5.82 Å². The number of anilines is 2. The van der Waals surface area contributed by atoms with Gasteiger partial charge in [-0.05, 0) is 32.0 Å². The van der Waals surface area contributed by atoms with E-state index in [9.17, 15) is 0 Å². The minimum atomic E-state index is 0.253. The Hall–Kier alpha value is -3.30. The number of hydrogen-bond donors (Lipinski definition) is 1. The lowest BCUT2D eigenvalue weighted by molar-refractivity contribution is 0.0273. The lowest BCUT2D eigenvalue weighted by Gasteiger charge is -2.16. The molecule has 32 heavy (non-hydrogen) atoms. The molecular weight excluding hydrogens is 404 g/mol. The van der Waals surface area contributed by atoms with E-state index >= 15 is 0 Å². The molecule has 0 saturated carbocycles. The standard InChI is InChI=1S/C23H28N8O/c1-15-12-29(3)13-20(15)32-14-18-10-25-30(4)23(18)17-5-6-31-19(7-17)8-21(28-31)27-22-11-24-9-16(2)26-22/h5-11,15,20H,12-14H2,1-4H3,(H,26,27,28). The van der Waals surface area contributed by atoms with E-state index in [2.05, 4.69) is 56.5 Å². The Labute approximate surface area is 187 Å². The number of likely N-dealkylation sites (N-methyl/N-ethyl adjacent to an activating group) is 1. The first-order chi connectivity index (χ1) is 15.5. The fourth-order valence-electron chi connectivity index (χ4n) is 4.40. The van der Waals surface area contributed by atoms with Gasteiger partial charge in [-0.15, -0.1) is 0 Å². The van der Waals surface area contributed by atoms with E-state index in [4.69, 9.17) is 4.74 Å². The summed E-state index contributed by atoms with van der Waals surface area (Å²) in [5.74, 6) is 1.92. The minimum absolute atomic E-state index is 0.253. The van der Waals surface area contributed by atoms with Crippen LogP contribution in [0.2, 0.25) is 0 Å². The van der Waals surface area contributed by atoms with Crippen LogP contribution in [0.4, 0.5) is 11.6 Å². The van der Waals surface area contributed by atoms with Gasteiger partial charge in [-0.25, -0.2) is 9.50 Å². The molecule has 1 N–H and O–H groups in total. The third-order valence-electron chi connectivity index (χ3n) is 5.94. The maximum Gasteiger partial charge on any atom is 0.154 e. The maximum atomic E-state index is 6.28. The first-order valence-electron chi connectivity index (χ1n) is 10.8. The van der Waals surface area contributed by atoms with E-state index in [1.807, 2.05) is 41.6 Å². The summed E-state index contributed by atoms with van der Waals surface area (Å²) in [6, 6.07) is 6.17. The Bertz CT molecular complexity index is 1250. The Morgan fingerprint density at radius 2 is 2.00 bits per heavy atom. The molecule has 1 fully saturated rings. The van der Waals surface area contributed by atoms with Crippen molar-refractivity contribution in [3.05, 3.63) is 54.2 Å². The molecule has 4 aromatic rings. The molecule has 1 aliphatic heterocycles. The predicted molar refractivity (Wildman–Crippen MR) is 123 cm³/mol. The molecule has 0 spiro atoms. The van der Waals surface area contributed by atoms with Crippen molar-refractivity contribution >= 4 is 17.2 Å². The molecule has 5 heterocycles. The van der Waals surface area contributed by atoms with Crippen LogP contribution in [0.15, 0.2) is 43.0 Å². The fraction of sp³-hybridized carbons (Fsp3) is 0.391. The maximum absolute atomic E-state index is 6.28. The molecule has 0 radical (unpaired) electrons. The van der Waals surface area contributed by atoms with E-state index in [1.54, 1.807) is 12.4 Å². The minimum Gasteiger partial charge on any atom is -0.372 e. The average molecular weight is 433 g/mol.